The van der Waals surface area contributed by atoms with Crippen LogP contribution in [0.2, 0.25) is 5.02 Å². The summed E-state index contributed by atoms with van der Waals surface area (Å²) in [6.07, 6.45) is 1.60. The van der Waals surface area contributed by atoms with Crippen LogP contribution in [-0.2, 0) is 32.8 Å². The van der Waals surface area contributed by atoms with Gasteiger partial charge in [-0.2, -0.15) is 0 Å². The first-order chi connectivity index (χ1) is 18.8. The molecule has 0 unspecified atom stereocenters. The maximum Gasteiger partial charge on any atom is 0.410 e. The molecule has 2 fully saturated rings. The molecule has 4 rings (SSSR count). The van der Waals surface area contributed by atoms with Gasteiger partial charge in [0, 0.05) is 37.8 Å². The summed E-state index contributed by atoms with van der Waals surface area (Å²) in [5.41, 5.74) is -0.733. The number of carbonyl (C=O) groups is 2. The molecule has 2 amide bonds. The molecule has 1 aliphatic heterocycles. The number of amides is 2. The zero-order valence-corrected chi connectivity index (χ0v) is 24.1. The van der Waals surface area contributed by atoms with Crippen LogP contribution in [0.25, 0.3) is 0 Å². The SMILES string of the molecule is COCCc1ccc(Cl)c(CN(C(=O)[C@H]2CN(C(=O)OC(C)(C)C)CC[C@]2(O)c2ccc(F)c(F)c2)C2CC2)c1. The van der Waals surface area contributed by atoms with E-state index in [2.05, 4.69) is 0 Å². The van der Waals surface area contributed by atoms with Crippen molar-refractivity contribution >= 4 is 23.6 Å². The van der Waals surface area contributed by atoms with Crippen LogP contribution in [0.15, 0.2) is 36.4 Å². The Morgan fingerprint density at radius 1 is 1.15 bits per heavy atom. The first kappa shape index (κ1) is 30.2. The summed E-state index contributed by atoms with van der Waals surface area (Å²) in [4.78, 5) is 30.4. The number of nitrogens with zero attached hydrogens (tertiary/aromatic N) is 2. The Bertz CT molecular complexity index is 1250. The zero-order valence-electron chi connectivity index (χ0n) is 23.4. The summed E-state index contributed by atoms with van der Waals surface area (Å²) >= 11 is 6.54. The zero-order chi connectivity index (χ0) is 29.2. The molecule has 0 bridgehead atoms. The molecule has 1 heterocycles. The molecule has 10 heteroatoms. The van der Waals surface area contributed by atoms with E-state index < -0.39 is 34.8 Å². The standard InChI is InChI=1S/C30H37ClF2N2O5/c1-29(2,3)40-28(37)34-13-12-30(38,21-6-10-25(32)26(33)16-21)23(18-34)27(36)35(22-7-8-22)17-20-15-19(11-14-39-4)5-9-24(20)31/h5-6,9-10,15-16,22-23,38H,7-8,11-14,17-18H2,1-4H3/t23-,30+/m1/s1. The highest BCUT2D eigenvalue weighted by Crippen LogP contribution is 2.42. The highest BCUT2D eigenvalue weighted by molar-refractivity contribution is 6.31. The summed E-state index contributed by atoms with van der Waals surface area (Å²) in [7, 11) is 1.63. The van der Waals surface area contributed by atoms with E-state index in [9.17, 15) is 23.5 Å². The summed E-state index contributed by atoms with van der Waals surface area (Å²) in [6, 6.07) is 8.75. The Labute approximate surface area is 239 Å². The van der Waals surface area contributed by atoms with Crippen LogP contribution in [0, 0.1) is 17.6 Å². The molecule has 2 aromatic carbocycles. The number of rotatable bonds is 8. The van der Waals surface area contributed by atoms with E-state index in [-0.39, 0.29) is 43.6 Å². The van der Waals surface area contributed by atoms with Gasteiger partial charge in [-0.15, -0.1) is 0 Å². The number of piperidine rings is 1. The maximum absolute atomic E-state index is 14.3. The minimum Gasteiger partial charge on any atom is -0.444 e. The van der Waals surface area contributed by atoms with E-state index in [1.807, 2.05) is 12.1 Å². The van der Waals surface area contributed by atoms with Gasteiger partial charge >= 0.3 is 6.09 Å². The fourth-order valence-electron chi connectivity index (χ4n) is 5.11. The van der Waals surface area contributed by atoms with Gasteiger partial charge in [0.1, 0.15) is 11.2 Å². The van der Waals surface area contributed by atoms with Crippen molar-refractivity contribution in [1.29, 1.82) is 0 Å². The van der Waals surface area contributed by atoms with E-state index in [0.717, 1.165) is 36.1 Å². The third-order valence-corrected chi connectivity index (χ3v) is 7.80. The number of likely N-dealkylation sites (tertiary alicyclic amines) is 1. The second-order valence-electron chi connectivity index (χ2n) is 11.6. The maximum atomic E-state index is 14.3. The largest absolute Gasteiger partial charge is 0.444 e. The highest BCUT2D eigenvalue weighted by Gasteiger charge is 2.51. The van der Waals surface area contributed by atoms with Crippen LogP contribution in [0.3, 0.4) is 0 Å². The lowest BCUT2D eigenvalue weighted by Crippen LogP contribution is -2.58. The van der Waals surface area contributed by atoms with E-state index in [4.69, 9.17) is 21.1 Å². The van der Waals surface area contributed by atoms with E-state index >= 15 is 0 Å². The minimum absolute atomic E-state index is 0.0561. The predicted octanol–water partition coefficient (Wildman–Crippen LogP) is 5.44. The van der Waals surface area contributed by atoms with Crippen molar-refractivity contribution in [3.05, 3.63) is 69.7 Å². The molecule has 1 saturated heterocycles. The molecule has 0 aromatic heterocycles. The molecule has 7 nitrogen and oxygen atoms in total. The first-order valence-corrected chi connectivity index (χ1v) is 13.9. The third kappa shape index (κ3) is 6.93. The second kappa shape index (κ2) is 12.0. The Morgan fingerprint density at radius 2 is 1.88 bits per heavy atom. The van der Waals surface area contributed by atoms with Crippen molar-refractivity contribution in [2.24, 2.45) is 5.92 Å². The molecule has 40 heavy (non-hydrogen) atoms. The lowest BCUT2D eigenvalue weighted by molar-refractivity contribution is -0.155. The van der Waals surface area contributed by atoms with Crippen LogP contribution >= 0.6 is 11.6 Å². The van der Waals surface area contributed by atoms with Crippen LogP contribution in [-0.4, -0.2) is 65.4 Å². The molecular formula is C30H37ClF2N2O5. The molecule has 2 atom stereocenters. The smallest absolute Gasteiger partial charge is 0.410 e. The Kier molecular flexibility index (Phi) is 9.07. The third-order valence-electron chi connectivity index (χ3n) is 7.43. The van der Waals surface area contributed by atoms with Crippen molar-refractivity contribution in [1.82, 2.24) is 9.80 Å². The molecule has 1 saturated carbocycles. The van der Waals surface area contributed by atoms with Crippen molar-refractivity contribution in [3.8, 4) is 0 Å². The van der Waals surface area contributed by atoms with Crippen LogP contribution in [0.1, 0.15) is 56.7 Å². The van der Waals surface area contributed by atoms with E-state index in [1.165, 1.54) is 11.0 Å². The van der Waals surface area contributed by atoms with Gasteiger partial charge in [-0.05, 0) is 81.3 Å². The Balaban J connectivity index is 1.68. The topological polar surface area (TPSA) is 79.3 Å². The molecule has 2 aromatic rings. The molecule has 1 N–H and O–H groups in total. The van der Waals surface area contributed by atoms with Crippen molar-refractivity contribution in [2.45, 2.75) is 70.2 Å². The first-order valence-electron chi connectivity index (χ1n) is 13.5. The van der Waals surface area contributed by atoms with Crippen molar-refractivity contribution in [2.75, 3.05) is 26.8 Å². The number of hydrogen-bond acceptors (Lipinski definition) is 5. The van der Waals surface area contributed by atoms with E-state index in [0.29, 0.717) is 18.1 Å². The van der Waals surface area contributed by atoms with Gasteiger partial charge in [-0.1, -0.05) is 29.8 Å². The number of benzene rings is 2. The molecule has 1 aliphatic carbocycles. The minimum atomic E-state index is -1.83. The number of methoxy groups -OCH3 is 1. The summed E-state index contributed by atoms with van der Waals surface area (Å²) in [5, 5.41) is 12.5. The number of halogens is 3. The van der Waals surface area contributed by atoms with Gasteiger partial charge in [-0.25, -0.2) is 13.6 Å². The van der Waals surface area contributed by atoms with Crippen LogP contribution < -0.4 is 0 Å². The van der Waals surface area contributed by atoms with Gasteiger partial charge in [0.25, 0.3) is 0 Å². The molecule has 218 valence electrons. The number of ether oxygens (including phenoxy) is 2. The lowest BCUT2D eigenvalue weighted by atomic mass is 9.75. The fraction of sp³-hybridized carbons (Fsp3) is 0.533. The van der Waals surface area contributed by atoms with Gasteiger partial charge in [0.05, 0.1) is 12.5 Å². The summed E-state index contributed by atoms with van der Waals surface area (Å²) in [5.74, 6) is -3.70. The fourth-order valence-corrected chi connectivity index (χ4v) is 5.29. The van der Waals surface area contributed by atoms with Gasteiger partial charge in [-0.3, -0.25) is 4.79 Å². The Morgan fingerprint density at radius 3 is 2.50 bits per heavy atom. The summed E-state index contributed by atoms with van der Waals surface area (Å²) < 4.78 is 38.8. The number of aliphatic hydroxyl groups is 1. The molecule has 2 aliphatic rings. The van der Waals surface area contributed by atoms with Crippen LogP contribution in [0.5, 0.6) is 0 Å². The second-order valence-corrected chi connectivity index (χ2v) is 12.1. The number of carbonyl (C=O) groups excluding carboxylic acids is 2. The average Bonchev–Trinajstić information content (AvgIpc) is 3.73. The monoisotopic (exact) mass is 578 g/mol. The number of hydrogen-bond donors (Lipinski definition) is 1. The summed E-state index contributed by atoms with van der Waals surface area (Å²) in [6.45, 7) is 5.91. The Hall–Kier alpha value is -2.75. The lowest BCUT2D eigenvalue weighted by Gasteiger charge is -2.45. The normalized spacial score (nSPS) is 21.3. The molecular weight excluding hydrogens is 542 g/mol. The quantitative estimate of drug-likeness (QED) is 0.451. The molecule has 0 radical (unpaired) electrons. The van der Waals surface area contributed by atoms with Crippen LogP contribution in [0.4, 0.5) is 13.6 Å². The van der Waals surface area contributed by atoms with Gasteiger partial charge in [0.15, 0.2) is 11.6 Å². The van der Waals surface area contributed by atoms with Crippen molar-refractivity contribution < 1.29 is 33.0 Å². The molecule has 0 spiro atoms. The van der Waals surface area contributed by atoms with E-state index in [1.54, 1.807) is 38.8 Å². The predicted molar refractivity (Wildman–Crippen MR) is 147 cm³/mol. The van der Waals surface area contributed by atoms with Crippen molar-refractivity contribution in [3.63, 3.8) is 0 Å². The van der Waals surface area contributed by atoms with Gasteiger partial charge in [0.2, 0.25) is 5.91 Å². The highest BCUT2D eigenvalue weighted by atomic mass is 35.5. The average molecular weight is 579 g/mol. The van der Waals surface area contributed by atoms with Gasteiger partial charge < -0.3 is 24.4 Å².